The van der Waals surface area contributed by atoms with Crippen LogP contribution in [-0.2, 0) is 0 Å². The molecule has 1 aliphatic carbocycles. The number of rotatable bonds is 4. The number of hydrogen-bond acceptors (Lipinski definition) is 5. The second-order valence-corrected chi connectivity index (χ2v) is 11.4. The number of para-hydroxylation sites is 1. The first-order valence-electron chi connectivity index (χ1n) is 13.3. The third-order valence-electron chi connectivity index (χ3n) is 8.63. The van der Waals surface area contributed by atoms with E-state index in [1.54, 1.807) is 73.8 Å². The lowest BCUT2D eigenvalue weighted by atomic mass is 9.64. The fourth-order valence-corrected chi connectivity index (χ4v) is 7.49. The van der Waals surface area contributed by atoms with Crippen LogP contribution in [0.1, 0.15) is 48.1 Å². The molecule has 202 valence electrons. The van der Waals surface area contributed by atoms with Gasteiger partial charge < -0.3 is 9.64 Å². The number of Topliss-reactive ketones (excluding diaryl/α,β-unsaturated/α-hetero) is 3. The zero-order valence-electron chi connectivity index (χ0n) is 21.9. The van der Waals surface area contributed by atoms with Crippen molar-refractivity contribution < 1.29 is 19.1 Å². The maximum Gasteiger partial charge on any atom is 0.186 e. The summed E-state index contributed by atoms with van der Waals surface area (Å²) < 4.78 is 5.42. The summed E-state index contributed by atoms with van der Waals surface area (Å²) in [7, 11) is 1.54. The van der Waals surface area contributed by atoms with Crippen molar-refractivity contribution in [1.29, 1.82) is 0 Å². The van der Waals surface area contributed by atoms with Crippen molar-refractivity contribution in [2.24, 2.45) is 5.41 Å². The Morgan fingerprint density at radius 3 is 2.27 bits per heavy atom. The van der Waals surface area contributed by atoms with Crippen molar-refractivity contribution in [3.8, 4) is 5.75 Å². The minimum atomic E-state index is -1.63. The molecular weight excluding hydrogens is 557 g/mol. The number of methoxy groups -OCH3 is 1. The molecule has 0 amide bonds. The van der Waals surface area contributed by atoms with E-state index in [1.807, 2.05) is 41.3 Å². The number of halogens is 2. The van der Waals surface area contributed by atoms with E-state index in [0.717, 1.165) is 11.3 Å². The molecule has 2 aliphatic heterocycles. The smallest absolute Gasteiger partial charge is 0.186 e. The number of ketones is 3. The number of fused-ring (bicyclic) bond motifs is 5. The van der Waals surface area contributed by atoms with Crippen molar-refractivity contribution >= 4 is 52.3 Å². The summed E-state index contributed by atoms with van der Waals surface area (Å²) in [6, 6.07) is 24.8. The minimum absolute atomic E-state index is 0.247. The van der Waals surface area contributed by atoms with Crippen LogP contribution in [0.25, 0.3) is 6.08 Å². The normalized spacial score (nSPS) is 21.5. The second kappa shape index (κ2) is 9.44. The first-order valence-corrected chi connectivity index (χ1v) is 14.0. The van der Waals surface area contributed by atoms with E-state index in [2.05, 4.69) is 0 Å². The topological polar surface area (TPSA) is 63.7 Å². The molecule has 0 bridgehead atoms. The van der Waals surface area contributed by atoms with Crippen molar-refractivity contribution in [2.75, 3.05) is 12.0 Å². The van der Waals surface area contributed by atoms with Crippen LogP contribution < -0.4 is 9.64 Å². The van der Waals surface area contributed by atoms with Crippen LogP contribution in [0.15, 0.2) is 97.1 Å². The molecule has 7 rings (SSSR count). The van der Waals surface area contributed by atoms with Crippen molar-refractivity contribution in [3.63, 3.8) is 0 Å². The number of hydrogen-bond donors (Lipinski definition) is 0. The predicted octanol–water partition coefficient (Wildman–Crippen LogP) is 7.32. The summed E-state index contributed by atoms with van der Waals surface area (Å²) in [5.74, 6) is -1.26. The monoisotopic (exact) mass is 579 g/mol. The number of benzene rings is 4. The molecule has 3 atom stereocenters. The van der Waals surface area contributed by atoms with Gasteiger partial charge in [-0.15, -0.1) is 0 Å². The number of ether oxygens (including phenoxy) is 1. The second-order valence-electron chi connectivity index (χ2n) is 10.5. The van der Waals surface area contributed by atoms with Gasteiger partial charge in [0, 0.05) is 38.3 Å². The molecule has 1 fully saturated rings. The molecule has 0 unspecified atom stereocenters. The van der Waals surface area contributed by atoms with Gasteiger partial charge in [-0.25, -0.2) is 0 Å². The number of nitrogens with zero attached hydrogens (tertiary/aromatic N) is 1. The van der Waals surface area contributed by atoms with Crippen LogP contribution in [0.2, 0.25) is 10.0 Å². The van der Waals surface area contributed by atoms with Crippen LogP contribution >= 0.6 is 23.2 Å². The quantitative estimate of drug-likeness (QED) is 0.187. The average Bonchev–Trinajstić information content (AvgIpc) is 3.43. The van der Waals surface area contributed by atoms with E-state index in [0.29, 0.717) is 38.0 Å². The highest BCUT2D eigenvalue weighted by Crippen LogP contribution is 2.61. The van der Waals surface area contributed by atoms with Gasteiger partial charge in [-0.2, -0.15) is 0 Å². The summed E-state index contributed by atoms with van der Waals surface area (Å²) in [4.78, 5) is 46.1. The van der Waals surface area contributed by atoms with E-state index in [9.17, 15) is 14.4 Å². The maximum absolute atomic E-state index is 14.8. The zero-order valence-corrected chi connectivity index (χ0v) is 23.4. The summed E-state index contributed by atoms with van der Waals surface area (Å²) in [5, 5.41) is 0.704. The van der Waals surface area contributed by atoms with E-state index in [1.165, 1.54) is 0 Å². The number of carbonyl (C=O) groups excluding carboxylic acids is 3. The largest absolute Gasteiger partial charge is 0.497 e. The van der Waals surface area contributed by atoms with Gasteiger partial charge in [0.1, 0.15) is 17.2 Å². The number of anilines is 1. The highest BCUT2D eigenvalue weighted by atomic mass is 35.5. The van der Waals surface area contributed by atoms with Gasteiger partial charge in [0.15, 0.2) is 17.3 Å². The molecule has 0 radical (unpaired) electrons. The third kappa shape index (κ3) is 3.52. The lowest BCUT2D eigenvalue weighted by Gasteiger charge is -2.37. The molecule has 41 heavy (non-hydrogen) atoms. The Morgan fingerprint density at radius 1 is 0.854 bits per heavy atom. The molecule has 0 aromatic heterocycles. The van der Waals surface area contributed by atoms with Crippen LogP contribution in [0.3, 0.4) is 0 Å². The van der Waals surface area contributed by atoms with E-state index in [4.69, 9.17) is 27.9 Å². The van der Waals surface area contributed by atoms with Crippen molar-refractivity contribution in [1.82, 2.24) is 0 Å². The lowest BCUT2D eigenvalue weighted by molar-refractivity contribution is 0.0666. The Morgan fingerprint density at radius 2 is 1.56 bits per heavy atom. The summed E-state index contributed by atoms with van der Waals surface area (Å²) in [6.07, 6.45) is 3.82. The van der Waals surface area contributed by atoms with Crippen LogP contribution in [0, 0.1) is 5.41 Å². The first kappa shape index (κ1) is 25.8. The Labute approximate surface area is 247 Å². The molecule has 3 aliphatic rings. The predicted molar refractivity (Wildman–Crippen MR) is 160 cm³/mol. The van der Waals surface area contributed by atoms with Gasteiger partial charge in [-0.3, -0.25) is 14.4 Å². The molecule has 0 saturated carbocycles. The zero-order chi connectivity index (χ0) is 28.5. The Hall–Kier alpha value is -4.19. The summed E-state index contributed by atoms with van der Waals surface area (Å²) >= 11 is 13.2. The molecule has 0 N–H and O–H groups in total. The minimum Gasteiger partial charge on any atom is -0.497 e. The van der Waals surface area contributed by atoms with Gasteiger partial charge >= 0.3 is 0 Å². The molecule has 4 aromatic carbocycles. The van der Waals surface area contributed by atoms with Gasteiger partial charge in [0.25, 0.3) is 0 Å². The van der Waals surface area contributed by atoms with Crippen molar-refractivity contribution in [3.05, 3.63) is 135 Å². The average molecular weight is 580 g/mol. The van der Waals surface area contributed by atoms with Gasteiger partial charge in [-0.1, -0.05) is 96.0 Å². The highest BCUT2D eigenvalue weighted by molar-refractivity contribution is 6.36. The highest BCUT2D eigenvalue weighted by Gasteiger charge is 2.71. The van der Waals surface area contributed by atoms with Gasteiger partial charge in [0.2, 0.25) is 0 Å². The first-order chi connectivity index (χ1) is 19.9. The van der Waals surface area contributed by atoms with Crippen LogP contribution in [-0.4, -0.2) is 36.5 Å². The van der Waals surface area contributed by atoms with E-state index < -0.39 is 23.4 Å². The van der Waals surface area contributed by atoms with Crippen LogP contribution in [0.4, 0.5) is 5.69 Å². The fraction of sp³-hybridized carbons (Fsp3) is 0.147. The Bertz CT molecular complexity index is 1780. The number of carbonyl (C=O) groups is 3. The molecule has 5 nitrogen and oxygen atoms in total. The SMILES string of the molecule is COc1cccc(C(=O)[C@@H]2[C@H](c3ccc(Cl)cc3Cl)C3(C(=O)c4ccccc4C3=O)[C@H]3C=Cc4ccccc4N23)c1. The van der Waals surface area contributed by atoms with Crippen LogP contribution in [0.5, 0.6) is 5.75 Å². The van der Waals surface area contributed by atoms with Crippen molar-refractivity contribution in [2.45, 2.75) is 18.0 Å². The summed E-state index contributed by atoms with van der Waals surface area (Å²) in [5.41, 5.74) is 1.66. The lowest BCUT2D eigenvalue weighted by Crippen LogP contribution is -2.48. The Balaban J connectivity index is 1.56. The Kier molecular flexibility index (Phi) is 5.93. The molecule has 1 spiro atoms. The molecule has 4 aromatic rings. The third-order valence-corrected chi connectivity index (χ3v) is 9.20. The molecule has 1 saturated heterocycles. The fourth-order valence-electron chi connectivity index (χ4n) is 6.96. The van der Waals surface area contributed by atoms with Gasteiger partial charge in [0.05, 0.1) is 13.2 Å². The van der Waals surface area contributed by atoms with Gasteiger partial charge in [-0.05, 0) is 41.5 Å². The molecule has 2 heterocycles. The summed E-state index contributed by atoms with van der Waals surface area (Å²) in [6.45, 7) is 0. The van der Waals surface area contributed by atoms with E-state index in [-0.39, 0.29) is 17.3 Å². The maximum atomic E-state index is 14.8. The standard InChI is InChI=1S/C34H23Cl2NO4/c1-41-22-9-6-8-20(17-22)31(38)30-29(25-15-14-21(35)18-26(25)36)34(32(39)23-10-3-4-11-24(23)33(34)40)28-16-13-19-7-2-5-12-27(19)37(28)30/h2-18,28-30H,1H3/t28-,29+,30+/m1/s1. The molecular formula is C34H23Cl2NO4. The molecule has 7 heteroatoms. The van der Waals surface area contributed by atoms with E-state index >= 15 is 0 Å².